The molecule has 0 aliphatic heterocycles. The number of allylic oxidation sites excluding steroid dienone is 2. The van der Waals surface area contributed by atoms with Crippen LogP contribution in [0.1, 0.15) is 112 Å². The summed E-state index contributed by atoms with van der Waals surface area (Å²) in [4.78, 5) is 0. The van der Waals surface area contributed by atoms with E-state index in [1.54, 1.807) is 0 Å². The lowest BCUT2D eigenvalue weighted by molar-refractivity contribution is -0.0622. The minimum Gasteiger partial charge on any atom is -0.328 e. The number of hydrogen-bond acceptors (Lipinski definition) is 1. The maximum atomic E-state index is 6.42. The lowest BCUT2D eigenvalue weighted by atomic mass is 9.47. The Morgan fingerprint density at radius 1 is 0.933 bits per heavy atom. The Morgan fingerprint density at radius 3 is 2.50 bits per heavy atom. The zero-order chi connectivity index (χ0) is 21.5. The van der Waals surface area contributed by atoms with Gasteiger partial charge in [-0.05, 0) is 110 Å². The molecule has 9 atom stereocenters. The van der Waals surface area contributed by atoms with E-state index < -0.39 is 0 Å². The van der Waals surface area contributed by atoms with Crippen molar-refractivity contribution >= 4 is 0 Å². The van der Waals surface area contributed by atoms with Crippen LogP contribution in [0.2, 0.25) is 0 Å². The molecule has 0 spiro atoms. The zero-order valence-corrected chi connectivity index (χ0v) is 20.8. The van der Waals surface area contributed by atoms with Crippen molar-refractivity contribution in [3.8, 4) is 0 Å². The van der Waals surface area contributed by atoms with Crippen LogP contribution in [0.4, 0.5) is 0 Å². The molecule has 0 aromatic heterocycles. The predicted molar refractivity (Wildman–Crippen MR) is 130 cm³/mol. The molecule has 3 saturated carbocycles. The van der Waals surface area contributed by atoms with E-state index in [4.69, 9.17) is 5.73 Å². The molecule has 4 aliphatic rings. The minimum absolute atomic E-state index is 0.463. The van der Waals surface area contributed by atoms with Crippen LogP contribution < -0.4 is 5.73 Å². The van der Waals surface area contributed by atoms with E-state index in [1.165, 1.54) is 77.0 Å². The van der Waals surface area contributed by atoms with Crippen molar-refractivity contribution in [2.45, 2.75) is 118 Å². The monoisotopic (exact) mass is 413 g/mol. The molecule has 1 heteroatoms. The van der Waals surface area contributed by atoms with Crippen LogP contribution in [0.25, 0.3) is 0 Å². The van der Waals surface area contributed by atoms with E-state index in [1.807, 2.05) is 0 Å². The fraction of sp³-hybridized carbons (Fsp3) is 0.931. The third-order valence-electron chi connectivity index (χ3n) is 11.0. The van der Waals surface area contributed by atoms with Crippen LogP contribution in [-0.4, -0.2) is 6.04 Å². The van der Waals surface area contributed by atoms with E-state index >= 15 is 0 Å². The van der Waals surface area contributed by atoms with Crippen LogP contribution in [0, 0.1) is 52.3 Å². The second kappa shape index (κ2) is 8.92. The second-order valence-corrected chi connectivity index (χ2v) is 13.1. The van der Waals surface area contributed by atoms with Gasteiger partial charge in [0, 0.05) is 6.04 Å². The number of fused-ring (bicyclic) bond motifs is 5. The molecule has 0 radical (unpaired) electrons. The fourth-order valence-corrected chi connectivity index (χ4v) is 9.20. The zero-order valence-electron chi connectivity index (χ0n) is 20.8. The fourth-order valence-electron chi connectivity index (χ4n) is 9.20. The maximum absolute atomic E-state index is 6.42. The molecule has 30 heavy (non-hydrogen) atoms. The molecular weight excluding hydrogens is 362 g/mol. The quantitative estimate of drug-likeness (QED) is 0.454. The van der Waals surface area contributed by atoms with Gasteiger partial charge < -0.3 is 5.73 Å². The first-order chi connectivity index (χ1) is 14.3. The maximum Gasteiger partial charge on any atom is 0.00418 e. The van der Waals surface area contributed by atoms with Crippen molar-refractivity contribution in [3.63, 3.8) is 0 Å². The van der Waals surface area contributed by atoms with Crippen LogP contribution in [0.3, 0.4) is 0 Å². The van der Waals surface area contributed by atoms with Crippen LogP contribution >= 0.6 is 0 Å². The predicted octanol–water partition coefficient (Wildman–Crippen LogP) is 7.99. The van der Waals surface area contributed by atoms with E-state index in [-0.39, 0.29) is 0 Å². The molecule has 0 amide bonds. The first-order valence-corrected chi connectivity index (χ1v) is 13.7. The number of hydrogen-bond donors (Lipinski definition) is 1. The third-order valence-corrected chi connectivity index (χ3v) is 11.0. The van der Waals surface area contributed by atoms with Crippen molar-refractivity contribution < 1.29 is 0 Å². The highest BCUT2D eigenvalue weighted by Crippen LogP contribution is 2.65. The van der Waals surface area contributed by atoms with Crippen LogP contribution in [0.5, 0.6) is 0 Å². The van der Waals surface area contributed by atoms with Gasteiger partial charge in [0.15, 0.2) is 0 Å². The van der Waals surface area contributed by atoms with Crippen LogP contribution in [-0.2, 0) is 0 Å². The molecule has 0 aromatic rings. The standard InChI is InChI=1S/C29H51N/c1-20(2)9-8-10-21(3)25-14-15-27-24-13-12-22-19-23(30)16-18-28(22,4)26(24)11-6-7-17-29(25,27)5/h6,11,20-27H,7-10,12-19,30H2,1-5H3. The Balaban J connectivity index is 1.54. The molecule has 4 rings (SSSR count). The molecule has 9 unspecified atom stereocenters. The Labute approximate surface area is 188 Å². The Morgan fingerprint density at radius 2 is 1.73 bits per heavy atom. The van der Waals surface area contributed by atoms with Crippen molar-refractivity contribution in [1.82, 2.24) is 0 Å². The molecular formula is C29H51N. The summed E-state index contributed by atoms with van der Waals surface area (Å²) in [6.07, 6.45) is 22.2. The van der Waals surface area contributed by atoms with Gasteiger partial charge >= 0.3 is 0 Å². The lowest BCUT2D eigenvalue weighted by Gasteiger charge is -2.58. The second-order valence-electron chi connectivity index (χ2n) is 13.1. The normalized spacial score (nSPS) is 47.2. The van der Waals surface area contributed by atoms with Gasteiger partial charge in [0.05, 0.1) is 0 Å². The summed E-state index contributed by atoms with van der Waals surface area (Å²) in [5.74, 6) is 6.27. The Hall–Kier alpha value is -0.300. The summed E-state index contributed by atoms with van der Waals surface area (Å²) in [6.45, 7) is 12.8. The Bertz CT molecular complexity index is 607. The first kappa shape index (κ1) is 22.9. The summed E-state index contributed by atoms with van der Waals surface area (Å²) in [7, 11) is 0. The summed E-state index contributed by atoms with van der Waals surface area (Å²) in [6, 6.07) is 0.463. The molecule has 0 saturated heterocycles. The van der Waals surface area contributed by atoms with E-state index in [2.05, 4.69) is 46.8 Å². The van der Waals surface area contributed by atoms with Crippen molar-refractivity contribution in [1.29, 1.82) is 0 Å². The summed E-state index contributed by atoms with van der Waals surface area (Å²) in [5, 5.41) is 0. The van der Waals surface area contributed by atoms with Gasteiger partial charge in [-0.25, -0.2) is 0 Å². The smallest absolute Gasteiger partial charge is 0.00418 e. The molecule has 1 nitrogen and oxygen atoms in total. The summed E-state index contributed by atoms with van der Waals surface area (Å²) < 4.78 is 0. The third kappa shape index (κ3) is 4.06. The number of nitrogens with two attached hydrogens (primary N) is 1. The van der Waals surface area contributed by atoms with Crippen molar-refractivity contribution in [2.75, 3.05) is 0 Å². The van der Waals surface area contributed by atoms with E-state index in [0.717, 1.165) is 41.4 Å². The molecule has 4 aliphatic carbocycles. The molecule has 0 aromatic carbocycles. The molecule has 0 bridgehead atoms. The lowest BCUT2D eigenvalue weighted by Crippen LogP contribution is -2.52. The SMILES string of the molecule is CC(C)CCCC(C)C1CCC2C3CCC4CC(N)CCC4(C)C3C=CCCC12C. The average molecular weight is 414 g/mol. The molecule has 3 fully saturated rings. The van der Waals surface area contributed by atoms with E-state index in [9.17, 15) is 0 Å². The largest absolute Gasteiger partial charge is 0.328 e. The van der Waals surface area contributed by atoms with Gasteiger partial charge in [-0.15, -0.1) is 0 Å². The highest BCUT2D eigenvalue weighted by Gasteiger charge is 2.57. The summed E-state index contributed by atoms with van der Waals surface area (Å²) in [5.41, 5.74) is 7.50. The van der Waals surface area contributed by atoms with Crippen LogP contribution in [0.15, 0.2) is 12.2 Å². The first-order valence-electron chi connectivity index (χ1n) is 13.7. The van der Waals surface area contributed by atoms with Gasteiger partial charge in [-0.2, -0.15) is 0 Å². The highest BCUT2D eigenvalue weighted by molar-refractivity contribution is 5.13. The van der Waals surface area contributed by atoms with E-state index in [0.29, 0.717) is 16.9 Å². The average Bonchev–Trinajstić information content (AvgIpc) is 3.00. The van der Waals surface area contributed by atoms with Crippen molar-refractivity contribution in [3.05, 3.63) is 12.2 Å². The van der Waals surface area contributed by atoms with Crippen molar-refractivity contribution in [2.24, 2.45) is 58.0 Å². The molecule has 0 heterocycles. The van der Waals surface area contributed by atoms with Gasteiger partial charge in [0.25, 0.3) is 0 Å². The Kier molecular flexibility index (Phi) is 6.80. The molecule has 172 valence electrons. The highest BCUT2D eigenvalue weighted by atomic mass is 14.7. The topological polar surface area (TPSA) is 26.0 Å². The van der Waals surface area contributed by atoms with Gasteiger partial charge in [-0.1, -0.05) is 66.0 Å². The molecule has 2 N–H and O–H groups in total. The number of rotatable bonds is 5. The van der Waals surface area contributed by atoms with Gasteiger partial charge in [0.2, 0.25) is 0 Å². The summed E-state index contributed by atoms with van der Waals surface area (Å²) >= 11 is 0. The van der Waals surface area contributed by atoms with Gasteiger partial charge in [0.1, 0.15) is 0 Å². The van der Waals surface area contributed by atoms with Gasteiger partial charge in [-0.3, -0.25) is 0 Å². The minimum atomic E-state index is 0.463.